The summed E-state index contributed by atoms with van der Waals surface area (Å²) in [6, 6.07) is 3.81. The first-order valence-electron chi connectivity index (χ1n) is 5.28. The molecule has 0 bridgehead atoms. The van der Waals surface area contributed by atoms with Crippen molar-refractivity contribution in [1.29, 1.82) is 0 Å². The van der Waals surface area contributed by atoms with Gasteiger partial charge in [0, 0.05) is 18.5 Å². The van der Waals surface area contributed by atoms with Gasteiger partial charge in [-0.1, -0.05) is 6.92 Å². The van der Waals surface area contributed by atoms with E-state index in [4.69, 9.17) is 10.8 Å². The molecule has 5 nitrogen and oxygen atoms in total. The lowest BCUT2D eigenvalue weighted by molar-refractivity contribution is 0.244. The van der Waals surface area contributed by atoms with Crippen LogP contribution in [0.4, 0.5) is 11.4 Å². The van der Waals surface area contributed by atoms with E-state index in [-0.39, 0.29) is 12.5 Å². The molecule has 0 amide bonds. The van der Waals surface area contributed by atoms with Crippen LogP contribution in [-0.4, -0.2) is 28.5 Å². The van der Waals surface area contributed by atoms with E-state index in [0.29, 0.717) is 12.2 Å². The molecule has 0 aliphatic heterocycles. The Bertz CT molecular complexity index is 480. The quantitative estimate of drug-likeness (QED) is 0.583. The Morgan fingerprint density at radius 1 is 1.56 bits per heavy atom. The Morgan fingerprint density at radius 2 is 2.38 bits per heavy atom. The summed E-state index contributed by atoms with van der Waals surface area (Å²) in [6.45, 7) is 2.83. The number of hydrogen-bond acceptors (Lipinski definition) is 4. The van der Waals surface area contributed by atoms with E-state index in [2.05, 4.69) is 15.5 Å². The first-order chi connectivity index (χ1) is 7.70. The number of aliphatic hydroxyl groups excluding tert-OH is 1. The molecule has 86 valence electrons. The maximum absolute atomic E-state index is 8.93. The highest BCUT2D eigenvalue weighted by Crippen LogP contribution is 2.24. The van der Waals surface area contributed by atoms with Gasteiger partial charge in [0.2, 0.25) is 0 Å². The summed E-state index contributed by atoms with van der Waals surface area (Å²) < 4.78 is 0. The lowest BCUT2D eigenvalue weighted by Gasteiger charge is -2.12. The van der Waals surface area contributed by atoms with Gasteiger partial charge in [-0.25, -0.2) is 0 Å². The molecule has 0 aliphatic carbocycles. The number of benzene rings is 1. The normalized spacial score (nSPS) is 12.9. The Morgan fingerprint density at radius 3 is 3.12 bits per heavy atom. The van der Waals surface area contributed by atoms with E-state index in [1.54, 1.807) is 6.20 Å². The summed E-state index contributed by atoms with van der Waals surface area (Å²) in [5.41, 5.74) is 8.42. The molecule has 0 aliphatic rings. The van der Waals surface area contributed by atoms with E-state index in [1.165, 1.54) is 0 Å². The molecule has 2 rings (SSSR count). The standard InChI is InChI=1S/C11H16N4O/c1-7(6-16)4-13-11-3-10-8(2-9(11)12)5-14-15-10/h2-3,5,7,13,16H,4,6,12H2,1H3,(H,14,15). The van der Waals surface area contributed by atoms with E-state index >= 15 is 0 Å². The van der Waals surface area contributed by atoms with E-state index < -0.39 is 0 Å². The molecule has 0 fully saturated rings. The van der Waals surface area contributed by atoms with E-state index in [9.17, 15) is 0 Å². The lowest BCUT2D eigenvalue weighted by Crippen LogP contribution is -2.15. The molecular formula is C11H16N4O. The van der Waals surface area contributed by atoms with Gasteiger partial charge in [0.25, 0.3) is 0 Å². The van der Waals surface area contributed by atoms with Crippen molar-refractivity contribution < 1.29 is 5.11 Å². The van der Waals surface area contributed by atoms with Gasteiger partial charge >= 0.3 is 0 Å². The third-order valence-electron chi connectivity index (χ3n) is 2.56. The highest BCUT2D eigenvalue weighted by atomic mass is 16.3. The van der Waals surface area contributed by atoms with Gasteiger partial charge in [-0.3, -0.25) is 5.10 Å². The van der Waals surface area contributed by atoms with Crippen molar-refractivity contribution in [3.63, 3.8) is 0 Å². The summed E-state index contributed by atoms with van der Waals surface area (Å²) in [6.07, 6.45) is 1.74. The fraction of sp³-hybridized carbons (Fsp3) is 0.364. The highest BCUT2D eigenvalue weighted by molar-refractivity contribution is 5.88. The zero-order valence-corrected chi connectivity index (χ0v) is 9.20. The topological polar surface area (TPSA) is 87.0 Å². The SMILES string of the molecule is CC(CO)CNc1cc2[nH]ncc2cc1N. The molecule has 5 N–H and O–H groups in total. The summed E-state index contributed by atoms with van der Waals surface area (Å²) >= 11 is 0. The van der Waals surface area contributed by atoms with Gasteiger partial charge in [-0.05, 0) is 18.1 Å². The second-order valence-corrected chi connectivity index (χ2v) is 4.07. The van der Waals surface area contributed by atoms with Gasteiger partial charge in [0.1, 0.15) is 0 Å². The second-order valence-electron chi connectivity index (χ2n) is 4.07. The summed E-state index contributed by atoms with van der Waals surface area (Å²) in [5, 5.41) is 20.0. The molecule has 16 heavy (non-hydrogen) atoms. The lowest BCUT2D eigenvalue weighted by atomic mass is 10.1. The van der Waals surface area contributed by atoms with Gasteiger partial charge in [0.05, 0.1) is 23.1 Å². The van der Waals surface area contributed by atoms with Crippen LogP contribution in [0, 0.1) is 5.92 Å². The zero-order valence-electron chi connectivity index (χ0n) is 9.20. The van der Waals surface area contributed by atoms with Crippen LogP contribution < -0.4 is 11.1 Å². The van der Waals surface area contributed by atoms with E-state index in [1.807, 2.05) is 19.1 Å². The van der Waals surface area contributed by atoms with Gasteiger partial charge in [-0.2, -0.15) is 5.10 Å². The van der Waals surface area contributed by atoms with Crippen LogP contribution in [0.2, 0.25) is 0 Å². The molecule has 1 atom stereocenters. The third kappa shape index (κ3) is 2.09. The maximum atomic E-state index is 8.93. The Labute approximate surface area is 93.7 Å². The number of rotatable bonds is 4. The van der Waals surface area contributed by atoms with Gasteiger partial charge in [0.15, 0.2) is 0 Å². The number of fused-ring (bicyclic) bond motifs is 1. The number of nitrogens with one attached hydrogen (secondary N) is 2. The number of aliphatic hydroxyl groups is 1. The molecule has 5 heteroatoms. The monoisotopic (exact) mass is 220 g/mol. The van der Waals surface area contributed by atoms with Crippen LogP contribution in [0.15, 0.2) is 18.3 Å². The van der Waals surface area contributed by atoms with Crippen molar-refractivity contribution in [2.24, 2.45) is 5.92 Å². The molecule has 1 unspecified atom stereocenters. The molecule has 1 aromatic carbocycles. The molecule has 0 saturated carbocycles. The second kappa shape index (κ2) is 4.40. The number of nitrogens with two attached hydrogens (primary N) is 1. The van der Waals surface area contributed by atoms with Crippen molar-refractivity contribution >= 4 is 22.3 Å². The van der Waals surface area contributed by atoms with Crippen molar-refractivity contribution in [2.75, 3.05) is 24.2 Å². The molecule has 0 spiro atoms. The Hall–Kier alpha value is -1.75. The number of anilines is 2. The third-order valence-corrected chi connectivity index (χ3v) is 2.56. The van der Waals surface area contributed by atoms with Crippen molar-refractivity contribution in [3.8, 4) is 0 Å². The molecule has 1 aromatic heterocycles. The molecule has 1 heterocycles. The van der Waals surface area contributed by atoms with Crippen LogP contribution in [0.3, 0.4) is 0 Å². The Kier molecular flexibility index (Phi) is 2.96. The smallest absolute Gasteiger partial charge is 0.0672 e. The molecule has 2 aromatic rings. The maximum Gasteiger partial charge on any atom is 0.0672 e. The average molecular weight is 220 g/mol. The minimum Gasteiger partial charge on any atom is -0.397 e. The predicted octanol–water partition coefficient (Wildman–Crippen LogP) is 1.19. The molecule has 0 saturated heterocycles. The van der Waals surface area contributed by atoms with Crippen LogP contribution in [0.25, 0.3) is 10.9 Å². The number of nitrogens with zero attached hydrogens (tertiary/aromatic N) is 1. The molecular weight excluding hydrogens is 204 g/mol. The van der Waals surface area contributed by atoms with E-state index in [0.717, 1.165) is 16.6 Å². The van der Waals surface area contributed by atoms with Gasteiger partial charge < -0.3 is 16.2 Å². The van der Waals surface area contributed by atoms with Crippen LogP contribution >= 0.6 is 0 Å². The summed E-state index contributed by atoms with van der Waals surface area (Å²) in [7, 11) is 0. The fourth-order valence-electron chi connectivity index (χ4n) is 1.51. The van der Waals surface area contributed by atoms with Crippen LogP contribution in [0.5, 0.6) is 0 Å². The predicted molar refractivity (Wildman–Crippen MR) is 65.2 cm³/mol. The zero-order chi connectivity index (χ0) is 11.5. The Balaban J connectivity index is 2.19. The number of nitrogen functional groups attached to an aromatic ring is 1. The number of hydrogen-bond donors (Lipinski definition) is 4. The number of aromatic amines is 1. The van der Waals surface area contributed by atoms with Crippen molar-refractivity contribution in [2.45, 2.75) is 6.92 Å². The number of H-pyrrole nitrogens is 1. The minimum atomic E-state index is 0.166. The van der Waals surface area contributed by atoms with Crippen LogP contribution in [0.1, 0.15) is 6.92 Å². The summed E-state index contributed by atoms with van der Waals surface area (Å²) in [4.78, 5) is 0. The first kappa shape index (κ1) is 10.8. The van der Waals surface area contributed by atoms with Gasteiger partial charge in [-0.15, -0.1) is 0 Å². The molecule has 0 radical (unpaired) electrons. The first-order valence-corrected chi connectivity index (χ1v) is 5.28. The average Bonchev–Trinajstić information content (AvgIpc) is 2.72. The van der Waals surface area contributed by atoms with Crippen molar-refractivity contribution in [3.05, 3.63) is 18.3 Å². The summed E-state index contributed by atoms with van der Waals surface area (Å²) in [5.74, 6) is 0.205. The van der Waals surface area contributed by atoms with Crippen LogP contribution in [-0.2, 0) is 0 Å². The fourth-order valence-corrected chi connectivity index (χ4v) is 1.51. The minimum absolute atomic E-state index is 0.166. The largest absolute Gasteiger partial charge is 0.397 e. The number of aromatic nitrogens is 2. The highest BCUT2D eigenvalue weighted by Gasteiger charge is 2.05. The van der Waals surface area contributed by atoms with Crippen molar-refractivity contribution in [1.82, 2.24) is 10.2 Å².